The first-order valence-corrected chi connectivity index (χ1v) is 5.90. The molecule has 2 rings (SSSR count). The lowest BCUT2D eigenvalue weighted by atomic mass is 9.83. The summed E-state index contributed by atoms with van der Waals surface area (Å²) in [6.45, 7) is 0. The van der Waals surface area contributed by atoms with Gasteiger partial charge in [-0.2, -0.15) is 0 Å². The van der Waals surface area contributed by atoms with E-state index < -0.39 is 5.92 Å². The Hall–Kier alpha value is -0.710. The average molecular weight is 232 g/mol. The van der Waals surface area contributed by atoms with Gasteiger partial charge in [-0.15, -0.1) is 0 Å². The van der Waals surface area contributed by atoms with E-state index in [0.29, 0.717) is 6.42 Å². The van der Waals surface area contributed by atoms with Crippen molar-refractivity contribution in [1.82, 2.24) is 5.32 Å². The van der Waals surface area contributed by atoms with E-state index in [1.54, 1.807) is 0 Å². The fourth-order valence-electron chi connectivity index (χ4n) is 2.55. The molecule has 0 bridgehead atoms. The Kier molecular flexibility index (Phi) is 3.15. The van der Waals surface area contributed by atoms with Crippen molar-refractivity contribution in [2.75, 3.05) is 0 Å². The van der Waals surface area contributed by atoms with E-state index in [2.05, 4.69) is 5.32 Å². The van der Waals surface area contributed by atoms with E-state index in [9.17, 15) is 13.6 Å². The maximum Gasteiger partial charge on any atom is 0.252 e. The summed E-state index contributed by atoms with van der Waals surface area (Å²) in [6, 6.07) is -0.243. The number of alkyl halides is 2. The number of carbonyl (C=O) groups is 1. The lowest BCUT2D eigenvalue weighted by Crippen LogP contribution is -2.52. The number of nitrogens with one attached hydrogen (secondary N) is 1. The molecule has 92 valence electrons. The second kappa shape index (κ2) is 4.28. The lowest BCUT2D eigenvalue weighted by Gasteiger charge is -2.36. The van der Waals surface area contributed by atoms with Crippen LogP contribution in [-0.2, 0) is 4.79 Å². The largest absolute Gasteiger partial charge is 0.353 e. The predicted octanol–water partition coefficient (Wildman–Crippen LogP) is 1.42. The fourth-order valence-corrected chi connectivity index (χ4v) is 2.55. The third-order valence-electron chi connectivity index (χ3n) is 3.52. The highest BCUT2D eigenvalue weighted by Gasteiger charge is 2.46. The van der Waals surface area contributed by atoms with Crippen molar-refractivity contribution >= 4 is 5.91 Å². The smallest absolute Gasteiger partial charge is 0.252 e. The molecule has 16 heavy (non-hydrogen) atoms. The summed E-state index contributed by atoms with van der Waals surface area (Å²) in [7, 11) is 0. The number of amides is 1. The first-order valence-electron chi connectivity index (χ1n) is 5.90. The Bertz CT molecular complexity index is 275. The first-order chi connectivity index (χ1) is 7.46. The maximum absolute atomic E-state index is 12.6. The topological polar surface area (TPSA) is 55.1 Å². The second-order valence-electron chi connectivity index (χ2n) is 5.09. The molecular weight excluding hydrogens is 214 g/mol. The van der Waals surface area contributed by atoms with Crippen LogP contribution in [0.5, 0.6) is 0 Å². The molecule has 2 aliphatic rings. The molecule has 5 heteroatoms. The minimum absolute atomic E-state index is 0.0713. The number of hydrogen-bond donors (Lipinski definition) is 2. The van der Waals surface area contributed by atoms with E-state index in [1.165, 1.54) is 0 Å². The first kappa shape index (κ1) is 11.8. The van der Waals surface area contributed by atoms with Gasteiger partial charge < -0.3 is 11.1 Å². The molecule has 1 amide bonds. The number of hydrogen-bond acceptors (Lipinski definition) is 2. The quantitative estimate of drug-likeness (QED) is 0.756. The monoisotopic (exact) mass is 232 g/mol. The molecule has 0 aromatic carbocycles. The highest BCUT2D eigenvalue weighted by atomic mass is 19.3. The van der Waals surface area contributed by atoms with Crippen LogP contribution in [-0.4, -0.2) is 23.9 Å². The molecule has 3 N–H and O–H groups in total. The van der Waals surface area contributed by atoms with Gasteiger partial charge in [0.2, 0.25) is 5.91 Å². The van der Waals surface area contributed by atoms with Gasteiger partial charge in [0.1, 0.15) is 0 Å². The third kappa shape index (κ3) is 2.70. The van der Waals surface area contributed by atoms with E-state index >= 15 is 0 Å². The van der Waals surface area contributed by atoms with Crippen molar-refractivity contribution in [1.29, 1.82) is 0 Å². The van der Waals surface area contributed by atoms with Crippen LogP contribution in [0.1, 0.15) is 38.5 Å². The molecule has 0 spiro atoms. The molecule has 2 aliphatic carbocycles. The van der Waals surface area contributed by atoms with Crippen LogP contribution >= 0.6 is 0 Å². The number of rotatable bonds is 2. The summed E-state index contributed by atoms with van der Waals surface area (Å²) in [5.41, 5.74) is 5.78. The summed E-state index contributed by atoms with van der Waals surface area (Å²) < 4.78 is 25.1. The molecule has 2 fully saturated rings. The average Bonchev–Trinajstić information content (AvgIpc) is 2.14. The van der Waals surface area contributed by atoms with Crippen LogP contribution in [0.4, 0.5) is 8.78 Å². The maximum atomic E-state index is 12.6. The Balaban J connectivity index is 1.76. The van der Waals surface area contributed by atoms with E-state index in [0.717, 1.165) is 19.3 Å². The van der Waals surface area contributed by atoms with Gasteiger partial charge in [0.25, 0.3) is 5.92 Å². The highest BCUT2D eigenvalue weighted by Crippen LogP contribution is 2.37. The summed E-state index contributed by atoms with van der Waals surface area (Å²) in [5, 5.41) is 2.69. The molecular formula is C11H18F2N2O. The summed E-state index contributed by atoms with van der Waals surface area (Å²) in [6.07, 6.45) is 3.03. The Morgan fingerprint density at radius 3 is 2.56 bits per heavy atom. The van der Waals surface area contributed by atoms with Gasteiger partial charge >= 0.3 is 0 Å². The zero-order valence-corrected chi connectivity index (χ0v) is 9.22. The van der Waals surface area contributed by atoms with E-state index in [4.69, 9.17) is 5.73 Å². The zero-order valence-electron chi connectivity index (χ0n) is 9.22. The molecule has 2 atom stereocenters. The number of halogens is 2. The van der Waals surface area contributed by atoms with Crippen LogP contribution in [0.3, 0.4) is 0 Å². The van der Waals surface area contributed by atoms with Crippen LogP contribution in [0, 0.1) is 5.92 Å². The summed E-state index contributed by atoms with van der Waals surface area (Å²) in [4.78, 5) is 11.7. The Labute approximate surface area is 93.8 Å². The van der Waals surface area contributed by atoms with Crippen molar-refractivity contribution in [3.8, 4) is 0 Å². The molecule has 2 saturated carbocycles. The molecule has 3 nitrogen and oxygen atoms in total. The molecule has 0 aliphatic heterocycles. The van der Waals surface area contributed by atoms with Crippen molar-refractivity contribution in [2.24, 2.45) is 11.7 Å². The zero-order chi connectivity index (χ0) is 11.8. The Morgan fingerprint density at radius 1 is 1.31 bits per heavy atom. The van der Waals surface area contributed by atoms with Crippen molar-refractivity contribution < 1.29 is 13.6 Å². The number of carbonyl (C=O) groups excluding carboxylic acids is 1. The molecule has 0 aromatic heterocycles. The number of nitrogens with two attached hydrogens (primary N) is 1. The van der Waals surface area contributed by atoms with Crippen molar-refractivity contribution in [3.05, 3.63) is 0 Å². The summed E-state index contributed by atoms with van der Waals surface area (Å²) in [5.74, 6) is -2.73. The third-order valence-corrected chi connectivity index (χ3v) is 3.52. The molecule has 0 heterocycles. The van der Waals surface area contributed by atoms with Gasteiger partial charge in [-0.1, -0.05) is 6.42 Å². The van der Waals surface area contributed by atoms with Crippen LogP contribution in [0.2, 0.25) is 0 Å². The molecule has 0 saturated heterocycles. The van der Waals surface area contributed by atoms with Gasteiger partial charge in [0.15, 0.2) is 0 Å². The minimum Gasteiger partial charge on any atom is -0.353 e. The predicted molar refractivity (Wildman–Crippen MR) is 56.0 cm³/mol. The van der Waals surface area contributed by atoms with Gasteiger partial charge in [0, 0.05) is 30.8 Å². The fraction of sp³-hybridized carbons (Fsp3) is 0.909. The summed E-state index contributed by atoms with van der Waals surface area (Å²) >= 11 is 0. The van der Waals surface area contributed by atoms with Gasteiger partial charge in [-0.05, 0) is 19.3 Å². The molecule has 0 unspecified atom stereocenters. The standard InChI is InChI=1S/C11H18F2N2O/c12-11(13)5-9(6-11)15-10(16)7-2-1-3-8(14)4-7/h7-9H,1-6,14H2,(H,15,16)/t7-,8+/m1/s1. The van der Waals surface area contributed by atoms with Gasteiger partial charge in [-0.3, -0.25) is 4.79 Å². The van der Waals surface area contributed by atoms with Crippen LogP contribution in [0.15, 0.2) is 0 Å². The molecule has 0 radical (unpaired) electrons. The SMILES string of the molecule is N[C@H]1CCC[C@@H](C(=O)NC2CC(F)(F)C2)C1. The highest BCUT2D eigenvalue weighted by molar-refractivity contribution is 5.79. The van der Waals surface area contributed by atoms with Gasteiger partial charge in [-0.25, -0.2) is 8.78 Å². The lowest BCUT2D eigenvalue weighted by molar-refractivity contribution is -0.133. The minimum atomic E-state index is -2.57. The normalized spacial score (nSPS) is 34.2. The van der Waals surface area contributed by atoms with Crippen molar-refractivity contribution in [3.63, 3.8) is 0 Å². The second-order valence-corrected chi connectivity index (χ2v) is 5.09. The van der Waals surface area contributed by atoms with Gasteiger partial charge in [0.05, 0.1) is 0 Å². The molecule has 0 aromatic rings. The van der Waals surface area contributed by atoms with Crippen LogP contribution in [0.25, 0.3) is 0 Å². The van der Waals surface area contributed by atoms with E-state index in [-0.39, 0.29) is 36.8 Å². The van der Waals surface area contributed by atoms with Crippen molar-refractivity contribution in [2.45, 2.75) is 56.5 Å². The van der Waals surface area contributed by atoms with Crippen LogP contribution < -0.4 is 11.1 Å². The Morgan fingerprint density at radius 2 is 2.00 bits per heavy atom. The van der Waals surface area contributed by atoms with E-state index in [1.807, 2.05) is 0 Å².